The molecule has 0 radical (unpaired) electrons. The summed E-state index contributed by atoms with van der Waals surface area (Å²) >= 11 is 0. The standard InChI is InChI=1S/C42H72N2O7/c1-36(2,3)31-20-27(21-32(33(31)45)37(4,5)6)22-42(34(46)47,35(48)49)19-17-18-30(28-23-38(7,8)43(50-15)39(9,10)24-28)29-25-40(11,12)44(51-16)41(13,14)26-29/h20-21,28-30,45H,17-19,22-26H2,1-16H3,(H,46,47)(H,48,49). The van der Waals surface area contributed by atoms with Crippen LogP contribution in [0.1, 0.15) is 159 Å². The maximum absolute atomic E-state index is 13.2. The fraction of sp³-hybridized carbons (Fsp3) is 0.810. The Morgan fingerprint density at radius 3 is 1.33 bits per heavy atom. The van der Waals surface area contributed by atoms with Gasteiger partial charge in [0.2, 0.25) is 0 Å². The quantitative estimate of drug-likeness (QED) is 0.182. The van der Waals surface area contributed by atoms with E-state index in [9.17, 15) is 24.9 Å². The van der Waals surface area contributed by atoms with Gasteiger partial charge in [0, 0.05) is 22.2 Å². The van der Waals surface area contributed by atoms with E-state index in [0.29, 0.717) is 34.9 Å². The van der Waals surface area contributed by atoms with Gasteiger partial charge in [0.05, 0.1) is 14.2 Å². The van der Waals surface area contributed by atoms with Gasteiger partial charge in [-0.3, -0.25) is 9.59 Å². The molecule has 0 aromatic heterocycles. The Morgan fingerprint density at radius 2 is 1.06 bits per heavy atom. The third-order valence-corrected chi connectivity index (χ3v) is 12.1. The maximum Gasteiger partial charge on any atom is 0.321 e. The Kier molecular flexibility index (Phi) is 12.3. The molecule has 0 atom stereocenters. The van der Waals surface area contributed by atoms with Gasteiger partial charge in [0.1, 0.15) is 5.75 Å². The van der Waals surface area contributed by atoms with Gasteiger partial charge in [-0.05, 0) is 146 Å². The molecule has 0 unspecified atom stereocenters. The molecular formula is C42H72N2O7. The molecule has 9 nitrogen and oxygen atoms in total. The van der Waals surface area contributed by atoms with Crippen molar-refractivity contribution in [1.82, 2.24) is 10.1 Å². The van der Waals surface area contributed by atoms with Crippen LogP contribution in [0.15, 0.2) is 12.1 Å². The first-order valence-electron chi connectivity index (χ1n) is 19.0. The normalized spacial score (nSPS) is 22.0. The molecular weight excluding hydrogens is 644 g/mol. The maximum atomic E-state index is 13.2. The number of benzene rings is 1. The van der Waals surface area contributed by atoms with Crippen LogP contribution in [-0.2, 0) is 36.5 Å². The van der Waals surface area contributed by atoms with E-state index in [-0.39, 0.29) is 46.7 Å². The summed E-state index contributed by atoms with van der Waals surface area (Å²) in [6, 6.07) is 3.63. The Bertz CT molecular complexity index is 1290. The number of hydrogen-bond acceptors (Lipinski definition) is 7. The molecule has 0 amide bonds. The Balaban J connectivity index is 2.07. The van der Waals surface area contributed by atoms with E-state index in [0.717, 1.165) is 32.1 Å². The second-order valence-corrected chi connectivity index (χ2v) is 20.5. The summed E-state index contributed by atoms with van der Waals surface area (Å²) in [7, 11) is 3.49. The minimum Gasteiger partial charge on any atom is -0.507 e. The molecule has 2 aliphatic heterocycles. The van der Waals surface area contributed by atoms with Crippen molar-refractivity contribution in [3.63, 3.8) is 0 Å². The van der Waals surface area contributed by atoms with Crippen LogP contribution in [0, 0.1) is 23.2 Å². The number of phenols is 1. The predicted molar refractivity (Wildman–Crippen MR) is 204 cm³/mol. The zero-order valence-corrected chi connectivity index (χ0v) is 34.9. The van der Waals surface area contributed by atoms with Gasteiger partial charge in [0.25, 0.3) is 0 Å². The van der Waals surface area contributed by atoms with Gasteiger partial charge >= 0.3 is 11.9 Å². The monoisotopic (exact) mass is 717 g/mol. The number of carboxylic acids is 2. The van der Waals surface area contributed by atoms with Crippen LogP contribution in [0.3, 0.4) is 0 Å². The Morgan fingerprint density at radius 1 is 0.725 bits per heavy atom. The van der Waals surface area contributed by atoms with Crippen molar-refractivity contribution in [2.24, 2.45) is 23.2 Å². The highest BCUT2D eigenvalue weighted by Gasteiger charge is 2.54. The summed E-state index contributed by atoms with van der Waals surface area (Å²) in [6.45, 7) is 29.9. The molecule has 3 N–H and O–H groups in total. The fourth-order valence-corrected chi connectivity index (χ4v) is 10.6. The molecule has 0 aliphatic carbocycles. The number of hydroxylamine groups is 4. The molecule has 3 rings (SSSR count). The van der Waals surface area contributed by atoms with Gasteiger partial charge in [-0.1, -0.05) is 60.1 Å². The first-order valence-corrected chi connectivity index (χ1v) is 19.0. The highest BCUT2D eigenvalue weighted by molar-refractivity contribution is 5.98. The van der Waals surface area contributed by atoms with Crippen molar-refractivity contribution in [2.75, 3.05) is 14.2 Å². The highest BCUT2D eigenvalue weighted by atomic mass is 16.7. The fourth-order valence-electron chi connectivity index (χ4n) is 10.6. The average Bonchev–Trinajstić information content (AvgIpc) is 2.91. The van der Waals surface area contributed by atoms with Crippen LogP contribution < -0.4 is 0 Å². The number of nitrogens with zero attached hydrogens (tertiary/aromatic N) is 2. The van der Waals surface area contributed by atoms with Crippen molar-refractivity contribution in [3.05, 3.63) is 28.8 Å². The number of aliphatic carboxylic acids is 2. The molecule has 0 spiro atoms. The highest BCUT2D eigenvalue weighted by Crippen LogP contribution is 2.53. The topological polar surface area (TPSA) is 120 Å². The summed E-state index contributed by atoms with van der Waals surface area (Å²) < 4.78 is 0. The second-order valence-electron chi connectivity index (χ2n) is 20.5. The average molecular weight is 717 g/mol. The number of piperidine rings is 2. The molecule has 1 aromatic carbocycles. The Labute approximate surface area is 309 Å². The molecule has 2 heterocycles. The van der Waals surface area contributed by atoms with Crippen LogP contribution in [0.4, 0.5) is 0 Å². The zero-order valence-electron chi connectivity index (χ0n) is 34.9. The molecule has 2 fully saturated rings. The van der Waals surface area contributed by atoms with E-state index in [1.54, 1.807) is 14.2 Å². The number of phenolic OH excluding ortho intramolecular Hbond substituents is 1. The van der Waals surface area contributed by atoms with Gasteiger partial charge in [-0.2, -0.15) is 10.1 Å². The molecule has 292 valence electrons. The van der Waals surface area contributed by atoms with Crippen molar-refractivity contribution in [3.8, 4) is 5.75 Å². The van der Waals surface area contributed by atoms with E-state index in [4.69, 9.17) is 9.68 Å². The molecule has 2 saturated heterocycles. The molecule has 9 heteroatoms. The predicted octanol–water partition coefficient (Wildman–Crippen LogP) is 9.13. The number of hydrogen-bond donors (Lipinski definition) is 3. The zero-order chi connectivity index (χ0) is 39.3. The molecule has 51 heavy (non-hydrogen) atoms. The second kappa shape index (κ2) is 14.6. The number of aromatic hydroxyl groups is 1. The molecule has 2 aliphatic rings. The number of carboxylic acid groups (broad SMARTS) is 2. The lowest BCUT2D eigenvalue weighted by atomic mass is 9.60. The van der Waals surface area contributed by atoms with Crippen LogP contribution in [0.2, 0.25) is 0 Å². The molecule has 0 bridgehead atoms. The Hall–Kier alpha value is -2.20. The van der Waals surface area contributed by atoms with E-state index >= 15 is 0 Å². The number of carbonyl (C=O) groups is 2. The van der Waals surface area contributed by atoms with Crippen molar-refractivity contribution in [2.45, 2.75) is 181 Å². The summed E-state index contributed by atoms with van der Waals surface area (Å²) in [4.78, 5) is 38.3. The van der Waals surface area contributed by atoms with Crippen molar-refractivity contribution >= 4 is 11.9 Å². The van der Waals surface area contributed by atoms with E-state index < -0.39 is 28.2 Å². The largest absolute Gasteiger partial charge is 0.507 e. The minimum absolute atomic E-state index is 0.0121. The SMILES string of the molecule is CON1C(C)(C)CC(C(CCCC(Cc2cc(C(C)(C)C)c(O)c(C(C)(C)C)c2)(C(=O)O)C(=O)O)C2CC(C)(C)N(OC)C(C)(C)C2)CC1(C)C. The van der Waals surface area contributed by atoms with E-state index in [1.165, 1.54) is 0 Å². The van der Waals surface area contributed by atoms with Crippen LogP contribution in [0.5, 0.6) is 5.75 Å². The van der Waals surface area contributed by atoms with Crippen LogP contribution in [0.25, 0.3) is 0 Å². The van der Waals surface area contributed by atoms with Crippen molar-refractivity contribution in [1.29, 1.82) is 0 Å². The summed E-state index contributed by atoms with van der Waals surface area (Å²) in [5.41, 5.74) is -1.77. The molecule has 1 aromatic rings. The van der Waals surface area contributed by atoms with E-state index in [2.05, 4.69) is 65.5 Å². The molecule has 0 saturated carbocycles. The lowest BCUT2D eigenvalue weighted by Crippen LogP contribution is -2.63. The van der Waals surface area contributed by atoms with Crippen LogP contribution >= 0.6 is 0 Å². The first-order chi connectivity index (χ1) is 23.0. The first kappa shape index (κ1) is 43.2. The van der Waals surface area contributed by atoms with Gasteiger partial charge in [-0.15, -0.1) is 0 Å². The summed E-state index contributed by atoms with van der Waals surface area (Å²) in [5.74, 6) is -1.54. The lowest BCUT2D eigenvalue weighted by molar-refractivity contribution is -0.285. The van der Waals surface area contributed by atoms with E-state index in [1.807, 2.05) is 53.7 Å². The smallest absolute Gasteiger partial charge is 0.321 e. The summed E-state index contributed by atoms with van der Waals surface area (Å²) in [5, 5.41) is 37.1. The third-order valence-electron chi connectivity index (χ3n) is 12.1. The van der Waals surface area contributed by atoms with Crippen LogP contribution in [-0.4, -0.2) is 73.8 Å². The minimum atomic E-state index is -2.01. The van der Waals surface area contributed by atoms with Gasteiger partial charge in [-0.25, -0.2) is 0 Å². The van der Waals surface area contributed by atoms with Gasteiger partial charge in [0.15, 0.2) is 5.41 Å². The van der Waals surface area contributed by atoms with Gasteiger partial charge < -0.3 is 25.0 Å². The lowest BCUT2D eigenvalue weighted by Gasteiger charge is -2.58. The number of rotatable bonds is 12. The summed E-state index contributed by atoms with van der Waals surface area (Å²) in [6.07, 6.45) is 4.72. The van der Waals surface area contributed by atoms with Crippen molar-refractivity contribution < 1.29 is 34.6 Å². The third kappa shape index (κ3) is 8.96.